The van der Waals surface area contributed by atoms with E-state index in [2.05, 4.69) is 11.9 Å². The van der Waals surface area contributed by atoms with Crippen LogP contribution in [0.1, 0.15) is 65.0 Å². The van der Waals surface area contributed by atoms with Crippen molar-refractivity contribution in [3.05, 3.63) is 29.3 Å². The standard InChI is InChI=1S/C31H40F3N3O6S3/c1-7-8-9-11-18-12-10-13-21(42-17(2)38)22(18)24-35-19(14-44-24)25-37(6)20(15-45-25)23(43-28(41)31(32,33)34)29(3,4)26-36-30(5,16-46-26)27(39)40/h10,12-13,19-20,23,25H,7-9,11,14-16H2,1-6H3,(H,39,40)/t19-,20+,23-,25-,30-/m1/s1. The molecule has 9 nitrogen and oxygen atoms in total. The third-order valence-corrected chi connectivity index (χ3v) is 12.6. The number of rotatable bonds is 12. The number of aliphatic carboxylic acids is 1. The van der Waals surface area contributed by atoms with Gasteiger partial charge in [-0.05, 0) is 38.4 Å². The van der Waals surface area contributed by atoms with Gasteiger partial charge in [-0.25, -0.2) is 9.59 Å². The highest BCUT2D eigenvalue weighted by atomic mass is 32.2. The Hall–Kier alpha value is -2.23. The van der Waals surface area contributed by atoms with Crippen LogP contribution in [0.5, 0.6) is 5.75 Å². The van der Waals surface area contributed by atoms with E-state index in [0.29, 0.717) is 22.3 Å². The number of benzene rings is 1. The zero-order chi connectivity index (χ0) is 34.0. The summed E-state index contributed by atoms with van der Waals surface area (Å²) in [7, 11) is 1.78. The Balaban J connectivity index is 1.64. The maximum absolute atomic E-state index is 13.5. The topological polar surface area (TPSA) is 118 Å². The molecule has 0 amide bonds. The highest BCUT2D eigenvalue weighted by Gasteiger charge is 2.54. The maximum atomic E-state index is 13.5. The molecular formula is C31H40F3N3O6S3. The summed E-state index contributed by atoms with van der Waals surface area (Å²) in [5, 5.41) is 10.5. The smallest absolute Gasteiger partial charge is 0.479 e. The number of aliphatic imine (C=N–C) groups is 2. The van der Waals surface area contributed by atoms with Crippen LogP contribution in [0.4, 0.5) is 13.2 Å². The van der Waals surface area contributed by atoms with Gasteiger partial charge in [0, 0.05) is 24.2 Å². The van der Waals surface area contributed by atoms with Crippen LogP contribution >= 0.6 is 35.3 Å². The molecule has 0 saturated carbocycles. The van der Waals surface area contributed by atoms with Crippen LogP contribution in [0.15, 0.2) is 28.2 Å². The largest absolute Gasteiger partial charge is 0.490 e. The van der Waals surface area contributed by atoms with Crippen LogP contribution in [-0.2, 0) is 25.5 Å². The fraction of sp³-hybridized carbons (Fsp3) is 0.645. The van der Waals surface area contributed by atoms with Gasteiger partial charge in [0.1, 0.15) is 16.9 Å². The van der Waals surface area contributed by atoms with Gasteiger partial charge in [-0.15, -0.1) is 35.3 Å². The fourth-order valence-electron chi connectivity index (χ4n) is 5.76. The third kappa shape index (κ3) is 7.90. The van der Waals surface area contributed by atoms with Crippen LogP contribution in [0.25, 0.3) is 0 Å². The summed E-state index contributed by atoms with van der Waals surface area (Å²) in [6, 6.07) is 4.75. The van der Waals surface area contributed by atoms with Gasteiger partial charge in [0.05, 0.1) is 33.5 Å². The van der Waals surface area contributed by atoms with E-state index < -0.39 is 47.2 Å². The lowest BCUT2D eigenvalue weighted by Crippen LogP contribution is -2.54. The zero-order valence-corrected chi connectivity index (χ0v) is 29.1. The molecule has 0 spiro atoms. The first-order valence-electron chi connectivity index (χ1n) is 15.1. The Morgan fingerprint density at radius 3 is 2.50 bits per heavy atom. The third-order valence-electron chi connectivity index (χ3n) is 8.37. The molecule has 254 valence electrons. The van der Waals surface area contributed by atoms with Crippen molar-refractivity contribution >= 4 is 63.3 Å². The average Bonchev–Trinajstić information content (AvgIpc) is 3.70. The number of hydrogen-bond acceptors (Lipinski definition) is 11. The first kappa shape index (κ1) is 36.6. The van der Waals surface area contributed by atoms with Crippen LogP contribution in [0.3, 0.4) is 0 Å². The van der Waals surface area contributed by atoms with Gasteiger partial charge in [-0.3, -0.25) is 19.7 Å². The number of ether oxygens (including phenoxy) is 2. The summed E-state index contributed by atoms with van der Waals surface area (Å²) < 4.78 is 51.3. The molecule has 3 aliphatic rings. The Labute approximate surface area is 279 Å². The maximum Gasteiger partial charge on any atom is 0.490 e. The summed E-state index contributed by atoms with van der Waals surface area (Å²) in [5.74, 6) is -2.36. The molecule has 4 rings (SSSR count). The second-order valence-electron chi connectivity index (χ2n) is 12.4. The predicted octanol–water partition coefficient (Wildman–Crippen LogP) is 6.07. The van der Waals surface area contributed by atoms with Crippen molar-refractivity contribution in [1.82, 2.24) is 4.90 Å². The molecule has 0 aliphatic carbocycles. The summed E-state index contributed by atoms with van der Waals surface area (Å²) in [5.41, 5.74) is -0.825. The number of thioether (sulfide) groups is 3. The van der Waals surface area contributed by atoms with Gasteiger partial charge in [0.2, 0.25) is 0 Å². The van der Waals surface area contributed by atoms with E-state index >= 15 is 0 Å². The minimum atomic E-state index is -5.20. The molecule has 1 saturated heterocycles. The van der Waals surface area contributed by atoms with Gasteiger partial charge in [0.15, 0.2) is 5.54 Å². The molecule has 1 aromatic carbocycles. The van der Waals surface area contributed by atoms with Crippen molar-refractivity contribution in [1.29, 1.82) is 0 Å². The first-order chi connectivity index (χ1) is 21.5. The van der Waals surface area contributed by atoms with Gasteiger partial charge in [-0.2, -0.15) is 13.2 Å². The molecule has 0 bridgehead atoms. The highest BCUT2D eigenvalue weighted by molar-refractivity contribution is 8.15. The lowest BCUT2D eigenvalue weighted by Gasteiger charge is -2.40. The van der Waals surface area contributed by atoms with E-state index in [9.17, 15) is 32.7 Å². The van der Waals surface area contributed by atoms with Crippen molar-refractivity contribution in [2.75, 3.05) is 24.3 Å². The number of unbranched alkanes of at least 4 members (excludes halogenated alkanes) is 2. The lowest BCUT2D eigenvalue weighted by atomic mass is 9.82. The van der Waals surface area contributed by atoms with Crippen LogP contribution in [0.2, 0.25) is 0 Å². The van der Waals surface area contributed by atoms with E-state index in [1.165, 1.54) is 25.6 Å². The molecule has 46 heavy (non-hydrogen) atoms. The predicted molar refractivity (Wildman–Crippen MR) is 177 cm³/mol. The fourth-order valence-corrected chi connectivity index (χ4v) is 9.99. The van der Waals surface area contributed by atoms with Crippen molar-refractivity contribution in [3.8, 4) is 5.75 Å². The van der Waals surface area contributed by atoms with Gasteiger partial charge >= 0.3 is 24.1 Å². The van der Waals surface area contributed by atoms with Gasteiger partial charge < -0.3 is 14.6 Å². The van der Waals surface area contributed by atoms with Crippen molar-refractivity contribution in [3.63, 3.8) is 0 Å². The minimum absolute atomic E-state index is 0.116. The van der Waals surface area contributed by atoms with E-state index in [4.69, 9.17) is 14.5 Å². The quantitative estimate of drug-likeness (QED) is 0.156. The lowest BCUT2D eigenvalue weighted by molar-refractivity contribution is -0.210. The molecule has 1 fully saturated rings. The van der Waals surface area contributed by atoms with Crippen molar-refractivity contribution < 1.29 is 42.1 Å². The number of aryl methyl sites for hydroxylation is 1. The molecular weight excluding hydrogens is 664 g/mol. The van der Waals surface area contributed by atoms with Crippen LogP contribution < -0.4 is 4.74 Å². The number of halogens is 3. The number of alkyl halides is 3. The van der Waals surface area contributed by atoms with E-state index in [0.717, 1.165) is 53.6 Å². The molecule has 0 unspecified atom stereocenters. The molecule has 15 heteroatoms. The number of carboxylic acids is 1. The summed E-state index contributed by atoms with van der Waals surface area (Å²) in [6.45, 7) is 8.22. The molecule has 5 atom stereocenters. The van der Waals surface area contributed by atoms with E-state index in [-0.39, 0.29) is 17.2 Å². The molecule has 1 aromatic rings. The first-order valence-corrected chi connectivity index (χ1v) is 18.1. The van der Waals surface area contributed by atoms with Crippen LogP contribution in [0, 0.1) is 5.41 Å². The Morgan fingerprint density at radius 1 is 1.17 bits per heavy atom. The van der Waals surface area contributed by atoms with Crippen molar-refractivity contribution in [2.24, 2.45) is 15.4 Å². The van der Waals surface area contributed by atoms with Crippen LogP contribution in [-0.4, -0.2) is 97.6 Å². The van der Waals surface area contributed by atoms with Gasteiger partial charge in [0.25, 0.3) is 0 Å². The highest BCUT2D eigenvalue weighted by Crippen LogP contribution is 2.46. The minimum Gasteiger partial charge on any atom is -0.479 e. The summed E-state index contributed by atoms with van der Waals surface area (Å²) >= 11 is 4.22. The average molecular weight is 704 g/mol. The molecule has 3 aliphatic heterocycles. The number of carbonyl (C=O) groups is 3. The second-order valence-corrected chi connectivity index (χ2v) is 15.6. The molecule has 1 N–H and O–H groups in total. The molecule has 0 radical (unpaired) electrons. The summed E-state index contributed by atoms with van der Waals surface area (Å²) in [4.78, 5) is 47.4. The molecule has 3 heterocycles. The Bertz CT molecular complexity index is 1400. The zero-order valence-electron chi connectivity index (χ0n) is 26.7. The number of hydrogen-bond donors (Lipinski definition) is 1. The Kier molecular flexibility index (Phi) is 11.5. The normalized spacial score (nSPS) is 26.1. The Morgan fingerprint density at radius 2 is 1.89 bits per heavy atom. The molecule has 0 aromatic heterocycles. The number of likely N-dealkylation sites (N-methyl/N-ethyl adjacent to an activating group) is 1. The number of carbonyl (C=O) groups excluding carboxylic acids is 2. The SMILES string of the molecule is CCCCCc1cccc(OC(C)=O)c1C1=N[C@@H]([C@H]2SC[C@@H]([C@@H](OC(=O)C(F)(F)F)C(C)(C)C3=N[C@@](C)(C(=O)O)CS3)N2C)CS1. The van der Waals surface area contributed by atoms with Gasteiger partial charge in [-0.1, -0.05) is 45.7 Å². The van der Waals surface area contributed by atoms with E-state index in [1.54, 1.807) is 38.7 Å². The monoisotopic (exact) mass is 703 g/mol. The van der Waals surface area contributed by atoms with E-state index in [1.807, 2.05) is 17.0 Å². The summed E-state index contributed by atoms with van der Waals surface area (Å²) in [6.07, 6.45) is -2.60. The second kappa shape index (κ2) is 14.5. The van der Waals surface area contributed by atoms with Crippen molar-refractivity contribution in [2.45, 2.75) is 95.6 Å². The number of esters is 2. The number of nitrogens with zero attached hydrogens (tertiary/aromatic N) is 3. The number of carboxylic acid groups (broad SMARTS) is 1.